The summed E-state index contributed by atoms with van der Waals surface area (Å²) in [5.41, 5.74) is 0. The predicted molar refractivity (Wildman–Crippen MR) is 43.7 cm³/mol. The van der Waals surface area contributed by atoms with E-state index in [1.54, 1.807) is 0 Å². The van der Waals surface area contributed by atoms with E-state index in [0.717, 1.165) is 0 Å². The molecule has 0 bridgehead atoms. The van der Waals surface area contributed by atoms with E-state index in [-0.39, 0.29) is 0 Å². The topological polar surface area (TPSA) is 52.6 Å². The molecule has 0 rings (SSSR count). The molecule has 0 aliphatic carbocycles. The maximum atomic E-state index is 11.0. The van der Waals surface area contributed by atoms with Crippen LogP contribution in [-0.4, -0.2) is 44.5 Å². The van der Waals surface area contributed by atoms with Gasteiger partial charge in [-0.25, -0.2) is 9.18 Å². The molecule has 0 atom stereocenters. The van der Waals surface area contributed by atoms with E-state index in [4.69, 9.17) is 4.79 Å². The van der Waals surface area contributed by atoms with Crippen LogP contribution in [0.15, 0.2) is 0 Å². The highest BCUT2D eigenvalue weighted by molar-refractivity contribution is 5.85. The van der Waals surface area contributed by atoms with Crippen molar-refractivity contribution in [2.24, 2.45) is 0 Å². The van der Waals surface area contributed by atoms with Crippen LogP contribution in [-0.2, 0) is 14.5 Å². The lowest BCUT2D eigenvalue weighted by atomic mass is 10.4. The molecule has 128 valence electrons. The first-order chi connectivity index (χ1) is 9.27. The van der Waals surface area contributed by atoms with Crippen LogP contribution < -0.4 is 0 Å². The molecule has 0 saturated carbocycles. The Balaban J connectivity index is -0.000000249. The molecule has 0 N–H and O–H groups in total. The van der Waals surface area contributed by atoms with E-state index in [0.29, 0.717) is 0 Å². The molecule has 0 spiro atoms. The summed E-state index contributed by atoms with van der Waals surface area (Å²) in [7, 11) is 0. The summed E-state index contributed by atoms with van der Waals surface area (Å²) in [6.45, 7) is -4.47. The quantitative estimate of drug-likeness (QED) is 0.578. The minimum atomic E-state index is -4.99. The lowest BCUT2D eigenvalue weighted by Crippen LogP contribution is -2.26. The highest BCUT2D eigenvalue weighted by atomic mass is 19.4. The second-order valence-electron chi connectivity index (χ2n) is 2.47. The molecule has 0 unspecified atom stereocenters. The third-order valence-electron chi connectivity index (χ3n) is 0.845. The van der Waals surface area contributed by atoms with Gasteiger partial charge in [0.05, 0.1) is 0 Å². The van der Waals surface area contributed by atoms with Gasteiger partial charge in [-0.3, -0.25) is 4.79 Å². The average molecular weight is 344 g/mol. The summed E-state index contributed by atoms with van der Waals surface area (Å²) >= 11 is 0. The van der Waals surface area contributed by atoms with Gasteiger partial charge < -0.3 is 4.74 Å². The van der Waals surface area contributed by atoms with Gasteiger partial charge in [0.25, 0.3) is 5.78 Å². The fourth-order valence-corrected chi connectivity index (χ4v) is 0.286. The minimum absolute atomic E-state index is 1.39. The van der Waals surface area contributed by atoms with E-state index in [2.05, 4.69) is 9.68 Å². The molecule has 0 aromatic carbocycles. The molecule has 0 fully saturated rings. The van der Waals surface area contributed by atoms with Crippen molar-refractivity contribution in [1.82, 2.24) is 0 Å². The van der Waals surface area contributed by atoms with E-state index in [1.165, 1.54) is 0 Å². The summed E-state index contributed by atoms with van der Waals surface area (Å²) in [5, 5.41) is 0. The second kappa shape index (κ2) is 12.3. The normalized spacial score (nSPS) is 10.8. The lowest BCUT2D eigenvalue weighted by molar-refractivity contribution is -0.194. The Morgan fingerprint density at radius 3 is 1.43 bits per heavy atom. The predicted octanol–water partition coefficient (Wildman–Crippen LogP) is 3.56. The molecular weight excluding hydrogens is 338 g/mol. The number of halogens is 10. The average Bonchev–Trinajstić information content (AvgIpc) is 2.24. The molecule has 0 aromatic rings. The molecule has 0 aliphatic heterocycles. The fraction of sp³-hybridized carbons (Fsp3) is 0.714. The monoisotopic (exact) mass is 344 g/mol. The molecular formula is C7H6F10O4. The first-order valence-corrected chi connectivity index (χ1v) is 4.16. The number of rotatable bonds is 4. The number of ether oxygens (including phenoxy) is 1. The van der Waals surface area contributed by atoms with Crippen molar-refractivity contribution in [2.45, 2.75) is 12.4 Å². The van der Waals surface area contributed by atoms with E-state index < -0.39 is 44.5 Å². The van der Waals surface area contributed by atoms with Crippen molar-refractivity contribution in [3.8, 4) is 0 Å². The third kappa shape index (κ3) is 32.3. The molecule has 0 radical (unpaired) electrons. The summed E-state index contributed by atoms with van der Waals surface area (Å²) in [6, 6.07) is 0. The van der Waals surface area contributed by atoms with Crippen molar-refractivity contribution in [3.63, 3.8) is 0 Å². The highest BCUT2D eigenvalue weighted by Gasteiger charge is 2.38. The first kappa shape index (κ1) is 24.6. The SMILES string of the molecule is FCOCC(F)(F)F.O=C(COF)C(F)(F)F.O=C(F)F. The van der Waals surface area contributed by atoms with Crippen LogP contribution in [0, 0.1) is 0 Å². The maximum absolute atomic E-state index is 11.0. The Morgan fingerprint density at radius 2 is 1.33 bits per heavy atom. The van der Waals surface area contributed by atoms with Crippen molar-refractivity contribution < 1.29 is 63.3 Å². The van der Waals surface area contributed by atoms with Gasteiger partial charge in [-0.1, -0.05) is 0 Å². The third-order valence-corrected chi connectivity index (χ3v) is 0.845. The molecule has 0 aliphatic rings. The lowest BCUT2D eigenvalue weighted by Gasteiger charge is -2.02. The van der Waals surface area contributed by atoms with Crippen molar-refractivity contribution in [1.29, 1.82) is 0 Å². The van der Waals surface area contributed by atoms with Crippen LogP contribution >= 0.6 is 0 Å². The number of ketones is 1. The van der Waals surface area contributed by atoms with Crippen LogP contribution in [0.3, 0.4) is 0 Å². The van der Waals surface area contributed by atoms with Gasteiger partial charge in [-0.15, -0.1) is 8.78 Å². The summed E-state index contributed by atoms with van der Waals surface area (Å²) in [6.07, 6.45) is -12.2. The van der Waals surface area contributed by atoms with Gasteiger partial charge in [0.2, 0.25) is 0 Å². The largest absolute Gasteiger partial charge is 0.483 e. The zero-order valence-electron chi connectivity index (χ0n) is 9.53. The fourth-order valence-electron chi connectivity index (χ4n) is 0.286. The Hall–Kier alpha value is -1.44. The molecule has 0 amide bonds. The van der Waals surface area contributed by atoms with Gasteiger partial charge in [-0.05, 0) is 4.53 Å². The van der Waals surface area contributed by atoms with Gasteiger partial charge in [0.15, 0.2) is 13.5 Å². The number of hydrogen-bond donors (Lipinski definition) is 0. The zero-order valence-corrected chi connectivity index (χ0v) is 9.53. The van der Waals surface area contributed by atoms with E-state index in [9.17, 15) is 48.8 Å². The zero-order chi connectivity index (χ0) is 17.7. The molecule has 4 nitrogen and oxygen atoms in total. The number of hydrogen-bond acceptors (Lipinski definition) is 4. The highest BCUT2D eigenvalue weighted by Crippen LogP contribution is 2.15. The standard InChI is InChI=1S/C3H2F4O2.C3H4F4O.CF2O/c4-3(5,6)2(8)1-9-7;4-2-8-1-3(5,6)7;2-1(3)4/h1H2;1-2H2;. The van der Waals surface area contributed by atoms with E-state index in [1.807, 2.05) is 0 Å². The van der Waals surface area contributed by atoms with Crippen LogP contribution in [0.25, 0.3) is 0 Å². The minimum Gasteiger partial charge on any atom is -0.341 e. The summed E-state index contributed by atoms with van der Waals surface area (Å²) < 4.78 is 110. The van der Waals surface area contributed by atoms with Crippen LogP contribution in [0.2, 0.25) is 0 Å². The van der Waals surface area contributed by atoms with Gasteiger partial charge in [0.1, 0.15) is 6.61 Å². The number of carbonyl (C=O) groups excluding carboxylic acids is 2. The Morgan fingerprint density at radius 1 is 0.952 bits per heavy atom. The van der Waals surface area contributed by atoms with Crippen molar-refractivity contribution in [2.75, 3.05) is 20.1 Å². The van der Waals surface area contributed by atoms with Crippen LogP contribution in [0.1, 0.15) is 0 Å². The molecule has 21 heavy (non-hydrogen) atoms. The second-order valence-corrected chi connectivity index (χ2v) is 2.47. The maximum Gasteiger partial charge on any atom is 0.483 e. The number of alkyl halides is 7. The Bertz CT molecular complexity index is 282. The number of carbonyl (C=O) groups is 2. The number of Topliss-reactive ketones (excluding diaryl/α,β-unsaturated/α-hetero) is 1. The van der Waals surface area contributed by atoms with Crippen LogP contribution in [0.5, 0.6) is 0 Å². The van der Waals surface area contributed by atoms with Crippen molar-refractivity contribution in [3.05, 3.63) is 0 Å². The molecule has 14 heteroatoms. The van der Waals surface area contributed by atoms with Gasteiger partial charge in [0, 0.05) is 0 Å². The molecule has 0 saturated heterocycles. The Kier molecular flexibility index (Phi) is 14.4. The molecule has 0 heterocycles. The summed E-state index contributed by atoms with van der Waals surface area (Å²) in [4.78, 5) is 20.1. The smallest absolute Gasteiger partial charge is 0.341 e. The first-order valence-electron chi connectivity index (χ1n) is 4.16. The Labute approximate surface area is 109 Å². The van der Waals surface area contributed by atoms with Crippen LogP contribution in [0.4, 0.5) is 48.8 Å². The summed E-state index contributed by atoms with van der Waals surface area (Å²) in [5.74, 6) is -2.23. The van der Waals surface area contributed by atoms with Crippen molar-refractivity contribution >= 4 is 12.1 Å². The van der Waals surface area contributed by atoms with Gasteiger partial charge >= 0.3 is 18.6 Å². The van der Waals surface area contributed by atoms with Gasteiger partial charge in [-0.2, -0.15) is 31.3 Å². The van der Waals surface area contributed by atoms with E-state index >= 15 is 0 Å². The molecule has 0 aromatic heterocycles.